The van der Waals surface area contributed by atoms with Gasteiger partial charge < -0.3 is 9.47 Å². The van der Waals surface area contributed by atoms with Crippen LogP contribution in [0.3, 0.4) is 0 Å². The number of allylic oxidation sites excluding steroid dienone is 1. The van der Waals surface area contributed by atoms with Crippen LogP contribution < -0.4 is 10.1 Å². The summed E-state index contributed by atoms with van der Waals surface area (Å²) in [5.41, 5.74) is 2.50. The van der Waals surface area contributed by atoms with Crippen molar-refractivity contribution in [1.29, 1.82) is 0 Å². The van der Waals surface area contributed by atoms with Crippen LogP contribution in [0.2, 0.25) is 0 Å². The number of amides is 1. The number of aryl methyl sites for hydroxylation is 1. The van der Waals surface area contributed by atoms with Gasteiger partial charge in [-0.1, -0.05) is 12.1 Å². The standard InChI is InChI=1S/C16H21NO3/c1-16(2,3)20-15(18)17-14-7-5-6-11-8-9-12(19-4)10-13(11)14/h7-10H,5-6H2,1-4H3,(H,17,18). The maximum Gasteiger partial charge on any atom is 0.412 e. The molecule has 1 aromatic rings. The fourth-order valence-electron chi connectivity index (χ4n) is 2.17. The normalized spacial score (nSPS) is 14.1. The molecular formula is C16H21NO3. The van der Waals surface area contributed by atoms with Crippen LogP contribution in [0.4, 0.5) is 4.79 Å². The van der Waals surface area contributed by atoms with Crippen LogP contribution >= 0.6 is 0 Å². The molecule has 1 aliphatic rings. The zero-order valence-electron chi connectivity index (χ0n) is 12.4. The Bertz CT molecular complexity index is 541. The molecule has 2 rings (SSSR count). The van der Waals surface area contributed by atoms with E-state index in [0.717, 1.165) is 29.9 Å². The lowest BCUT2D eigenvalue weighted by Gasteiger charge is -2.23. The summed E-state index contributed by atoms with van der Waals surface area (Å²) in [4.78, 5) is 11.9. The maximum absolute atomic E-state index is 11.9. The van der Waals surface area contributed by atoms with Crippen molar-refractivity contribution in [3.63, 3.8) is 0 Å². The van der Waals surface area contributed by atoms with Crippen molar-refractivity contribution in [3.8, 4) is 5.75 Å². The highest BCUT2D eigenvalue weighted by atomic mass is 16.6. The average Bonchev–Trinajstić information content (AvgIpc) is 2.36. The Labute approximate surface area is 119 Å². The number of methoxy groups -OCH3 is 1. The van der Waals surface area contributed by atoms with E-state index in [2.05, 4.69) is 5.32 Å². The molecule has 0 aliphatic heterocycles. The summed E-state index contributed by atoms with van der Waals surface area (Å²) in [6, 6.07) is 5.92. The van der Waals surface area contributed by atoms with Crippen LogP contribution in [-0.2, 0) is 11.2 Å². The molecule has 20 heavy (non-hydrogen) atoms. The molecule has 0 unspecified atom stereocenters. The van der Waals surface area contributed by atoms with Gasteiger partial charge in [-0.2, -0.15) is 0 Å². The number of fused-ring (bicyclic) bond motifs is 1. The molecule has 1 N–H and O–H groups in total. The predicted molar refractivity (Wildman–Crippen MR) is 78.7 cm³/mol. The molecule has 0 heterocycles. The molecule has 0 spiro atoms. The van der Waals surface area contributed by atoms with Gasteiger partial charge in [-0.25, -0.2) is 4.79 Å². The number of ether oxygens (including phenoxy) is 2. The van der Waals surface area contributed by atoms with Gasteiger partial charge in [0.1, 0.15) is 11.4 Å². The van der Waals surface area contributed by atoms with Crippen molar-refractivity contribution in [2.24, 2.45) is 0 Å². The summed E-state index contributed by atoms with van der Waals surface area (Å²) in [6.07, 6.45) is 3.47. The minimum absolute atomic E-state index is 0.431. The largest absolute Gasteiger partial charge is 0.497 e. The van der Waals surface area contributed by atoms with Gasteiger partial charge >= 0.3 is 6.09 Å². The van der Waals surface area contributed by atoms with Crippen LogP contribution in [-0.4, -0.2) is 18.8 Å². The monoisotopic (exact) mass is 275 g/mol. The van der Waals surface area contributed by atoms with Gasteiger partial charge in [0, 0.05) is 11.3 Å². The number of carbonyl (C=O) groups is 1. The van der Waals surface area contributed by atoms with Gasteiger partial charge in [0.05, 0.1) is 7.11 Å². The lowest BCUT2D eigenvalue weighted by atomic mass is 9.94. The van der Waals surface area contributed by atoms with E-state index in [1.807, 2.05) is 45.0 Å². The first-order valence-corrected chi connectivity index (χ1v) is 6.76. The van der Waals surface area contributed by atoms with Crippen LogP contribution in [0, 0.1) is 0 Å². The van der Waals surface area contributed by atoms with Crippen LogP contribution in [0.25, 0.3) is 5.70 Å². The third-order valence-corrected chi connectivity index (χ3v) is 3.00. The Morgan fingerprint density at radius 2 is 2.05 bits per heavy atom. The smallest absolute Gasteiger partial charge is 0.412 e. The Morgan fingerprint density at radius 1 is 1.30 bits per heavy atom. The molecule has 4 nitrogen and oxygen atoms in total. The summed E-state index contributed by atoms with van der Waals surface area (Å²) >= 11 is 0. The SMILES string of the molecule is COc1ccc2c(c1)C(NC(=O)OC(C)(C)C)=CCC2. The molecule has 0 aromatic heterocycles. The summed E-state index contributed by atoms with van der Waals surface area (Å²) in [7, 11) is 1.63. The highest BCUT2D eigenvalue weighted by Crippen LogP contribution is 2.28. The van der Waals surface area contributed by atoms with E-state index < -0.39 is 11.7 Å². The quantitative estimate of drug-likeness (QED) is 0.898. The number of alkyl carbamates (subject to hydrolysis) is 1. The predicted octanol–water partition coefficient (Wildman–Crippen LogP) is 3.51. The Morgan fingerprint density at radius 3 is 2.70 bits per heavy atom. The van der Waals surface area contributed by atoms with Gasteiger partial charge in [-0.3, -0.25) is 5.32 Å². The van der Waals surface area contributed by atoms with Crippen molar-refractivity contribution in [1.82, 2.24) is 5.32 Å². The lowest BCUT2D eigenvalue weighted by molar-refractivity contribution is 0.0558. The minimum atomic E-state index is -0.503. The number of hydrogen-bond donors (Lipinski definition) is 1. The average molecular weight is 275 g/mol. The topological polar surface area (TPSA) is 47.6 Å². The summed E-state index contributed by atoms with van der Waals surface area (Å²) in [5, 5.41) is 2.83. The van der Waals surface area contributed by atoms with Gasteiger partial charge in [-0.15, -0.1) is 0 Å². The van der Waals surface area contributed by atoms with Gasteiger partial charge in [-0.05, 0) is 51.3 Å². The number of carbonyl (C=O) groups excluding carboxylic acids is 1. The van der Waals surface area contributed by atoms with Crippen molar-refractivity contribution in [2.45, 2.75) is 39.2 Å². The molecular weight excluding hydrogens is 254 g/mol. The second-order valence-corrected chi connectivity index (χ2v) is 5.81. The molecule has 0 atom stereocenters. The third kappa shape index (κ3) is 3.53. The molecule has 108 valence electrons. The summed E-state index contributed by atoms with van der Waals surface area (Å²) in [5.74, 6) is 0.780. The van der Waals surface area contributed by atoms with Crippen molar-refractivity contribution in [2.75, 3.05) is 7.11 Å². The summed E-state index contributed by atoms with van der Waals surface area (Å²) in [6.45, 7) is 5.54. The number of hydrogen-bond acceptors (Lipinski definition) is 3. The van der Waals surface area contributed by atoms with Crippen molar-refractivity contribution in [3.05, 3.63) is 35.4 Å². The van der Waals surface area contributed by atoms with Gasteiger partial charge in [0.15, 0.2) is 0 Å². The van der Waals surface area contributed by atoms with E-state index in [0.29, 0.717) is 0 Å². The van der Waals surface area contributed by atoms with E-state index in [1.54, 1.807) is 7.11 Å². The second kappa shape index (κ2) is 5.57. The lowest BCUT2D eigenvalue weighted by Crippen LogP contribution is -2.32. The zero-order valence-corrected chi connectivity index (χ0v) is 12.4. The molecule has 0 fully saturated rings. The van der Waals surface area contributed by atoms with E-state index in [-0.39, 0.29) is 0 Å². The maximum atomic E-state index is 11.9. The molecule has 0 radical (unpaired) electrons. The van der Waals surface area contributed by atoms with Crippen LogP contribution in [0.1, 0.15) is 38.3 Å². The molecule has 1 aliphatic carbocycles. The van der Waals surface area contributed by atoms with Gasteiger partial charge in [0.25, 0.3) is 0 Å². The molecule has 0 saturated carbocycles. The highest BCUT2D eigenvalue weighted by molar-refractivity contribution is 5.83. The van der Waals surface area contributed by atoms with Crippen LogP contribution in [0.5, 0.6) is 5.75 Å². The number of nitrogens with one attached hydrogen (secondary N) is 1. The molecule has 0 saturated heterocycles. The fourth-order valence-corrected chi connectivity index (χ4v) is 2.17. The first kappa shape index (κ1) is 14.4. The number of benzene rings is 1. The minimum Gasteiger partial charge on any atom is -0.497 e. The van der Waals surface area contributed by atoms with Crippen molar-refractivity contribution < 1.29 is 14.3 Å². The molecule has 0 bridgehead atoms. The fraction of sp³-hybridized carbons (Fsp3) is 0.438. The second-order valence-electron chi connectivity index (χ2n) is 5.81. The molecule has 1 amide bonds. The third-order valence-electron chi connectivity index (χ3n) is 3.00. The Kier molecular flexibility index (Phi) is 4.02. The molecule has 1 aromatic carbocycles. The first-order valence-electron chi connectivity index (χ1n) is 6.76. The summed E-state index contributed by atoms with van der Waals surface area (Å²) < 4.78 is 10.5. The van der Waals surface area contributed by atoms with Crippen LogP contribution in [0.15, 0.2) is 24.3 Å². The zero-order chi connectivity index (χ0) is 14.8. The van der Waals surface area contributed by atoms with E-state index >= 15 is 0 Å². The Hall–Kier alpha value is -1.97. The van der Waals surface area contributed by atoms with Gasteiger partial charge in [0.2, 0.25) is 0 Å². The number of rotatable bonds is 2. The molecule has 4 heteroatoms. The highest BCUT2D eigenvalue weighted by Gasteiger charge is 2.20. The van der Waals surface area contributed by atoms with Crippen molar-refractivity contribution >= 4 is 11.8 Å². The van der Waals surface area contributed by atoms with E-state index in [4.69, 9.17) is 9.47 Å². The van der Waals surface area contributed by atoms with E-state index in [1.165, 1.54) is 5.56 Å². The Balaban J connectivity index is 2.18. The first-order chi connectivity index (χ1) is 9.39. The van der Waals surface area contributed by atoms with E-state index in [9.17, 15) is 4.79 Å².